The molecule has 3 rings (SSSR count). The van der Waals surface area contributed by atoms with Crippen molar-refractivity contribution in [3.05, 3.63) is 52.6 Å². The van der Waals surface area contributed by atoms with Gasteiger partial charge in [0.25, 0.3) is 0 Å². The predicted octanol–water partition coefficient (Wildman–Crippen LogP) is 1.43. The minimum atomic E-state index is -0.363. The van der Waals surface area contributed by atoms with Crippen molar-refractivity contribution in [1.82, 2.24) is 0 Å². The van der Waals surface area contributed by atoms with Crippen LogP contribution in [-0.2, 0) is 11.2 Å². The number of carbonyl (C=O) groups is 1. The molecule has 0 radical (unpaired) electrons. The third-order valence-electron chi connectivity index (χ3n) is 2.92. The standard InChI is InChI=1S/C13H10N2O/c14-13(16)9-4-5-11-12-8(6-9)2-1-3-10(12)7-15-11/h1-5,7H,6H2,(H2,14,16). The van der Waals surface area contributed by atoms with Gasteiger partial charge in [-0.15, -0.1) is 0 Å². The molecule has 1 aliphatic carbocycles. The monoisotopic (exact) mass is 210 g/mol. The van der Waals surface area contributed by atoms with Gasteiger partial charge in [0.2, 0.25) is 5.91 Å². The highest BCUT2D eigenvalue weighted by atomic mass is 16.1. The van der Waals surface area contributed by atoms with Crippen LogP contribution in [0.1, 0.15) is 16.7 Å². The molecular formula is C13H10N2O. The van der Waals surface area contributed by atoms with Gasteiger partial charge in [0, 0.05) is 29.3 Å². The molecule has 3 heteroatoms. The van der Waals surface area contributed by atoms with E-state index in [1.54, 1.807) is 6.08 Å². The summed E-state index contributed by atoms with van der Waals surface area (Å²) in [6.07, 6.45) is 6.07. The van der Waals surface area contributed by atoms with Crippen LogP contribution in [0.25, 0.3) is 5.70 Å². The van der Waals surface area contributed by atoms with E-state index in [1.165, 1.54) is 0 Å². The molecule has 0 saturated heterocycles. The number of amides is 1. The second-order valence-corrected chi connectivity index (χ2v) is 3.92. The number of hydrogen-bond acceptors (Lipinski definition) is 2. The molecule has 2 aliphatic rings. The topological polar surface area (TPSA) is 55.5 Å². The second-order valence-electron chi connectivity index (χ2n) is 3.92. The number of allylic oxidation sites excluding steroid dienone is 2. The lowest BCUT2D eigenvalue weighted by Gasteiger charge is -2.06. The molecular weight excluding hydrogens is 200 g/mol. The van der Waals surface area contributed by atoms with E-state index in [2.05, 4.69) is 4.99 Å². The number of nitrogens with zero attached hydrogens (tertiary/aromatic N) is 1. The summed E-state index contributed by atoms with van der Waals surface area (Å²) in [5.74, 6) is -0.363. The summed E-state index contributed by atoms with van der Waals surface area (Å²) in [5.41, 5.74) is 10.2. The zero-order chi connectivity index (χ0) is 11.1. The summed E-state index contributed by atoms with van der Waals surface area (Å²) in [6, 6.07) is 6.02. The van der Waals surface area contributed by atoms with Gasteiger partial charge in [-0.2, -0.15) is 0 Å². The fourth-order valence-corrected chi connectivity index (χ4v) is 2.13. The Morgan fingerprint density at radius 1 is 1.31 bits per heavy atom. The van der Waals surface area contributed by atoms with Gasteiger partial charge < -0.3 is 5.73 Å². The Hall–Kier alpha value is -2.16. The second kappa shape index (κ2) is 3.17. The normalized spacial score (nSPS) is 16.2. The van der Waals surface area contributed by atoms with Crippen LogP contribution in [0, 0.1) is 0 Å². The number of carbonyl (C=O) groups excluding carboxylic acids is 1. The first-order valence-electron chi connectivity index (χ1n) is 5.13. The summed E-state index contributed by atoms with van der Waals surface area (Å²) in [4.78, 5) is 15.5. The summed E-state index contributed by atoms with van der Waals surface area (Å²) in [7, 11) is 0. The van der Waals surface area contributed by atoms with Crippen LogP contribution in [0.4, 0.5) is 0 Å². The number of benzene rings is 1. The molecule has 2 N–H and O–H groups in total. The van der Waals surface area contributed by atoms with Crippen LogP contribution in [0.2, 0.25) is 0 Å². The summed E-state index contributed by atoms with van der Waals surface area (Å²) < 4.78 is 0. The third kappa shape index (κ3) is 1.21. The van der Waals surface area contributed by atoms with Gasteiger partial charge in [0.1, 0.15) is 0 Å². The summed E-state index contributed by atoms with van der Waals surface area (Å²) in [6.45, 7) is 0. The van der Waals surface area contributed by atoms with Gasteiger partial charge in [0.05, 0.1) is 5.70 Å². The molecule has 1 aromatic rings. The van der Waals surface area contributed by atoms with Crippen molar-refractivity contribution in [1.29, 1.82) is 0 Å². The molecule has 0 saturated carbocycles. The average Bonchev–Trinajstić information content (AvgIpc) is 2.57. The molecule has 0 aromatic heterocycles. The fraction of sp³-hybridized carbons (Fsp3) is 0.0769. The minimum Gasteiger partial charge on any atom is -0.366 e. The van der Waals surface area contributed by atoms with Crippen LogP contribution in [0.3, 0.4) is 0 Å². The average molecular weight is 210 g/mol. The molecule has 0 bridgehead atoms. The van der Waals surface area contributed by atoms with Crippen molar-refractivity contribution in [2.45, 2.75) is 6.42 Å². The molecule has 78 valence electrons. The number of aliphatic imine (C=N–C) groups is 1. The van der Waals surface area contributed by atoms with Gasteiger partial charge in [-0.3, -0.25) is 9.79 Å². The van der Waals surface area contributed by atoms with Crippen molar-refractivity contribution >= 4 is 17.8 Å². The van der Waals surface area contributed by atoms with Gasteiger partial charge in [-0.05, 0) is 11.6 Å². The molecule has 1 aromatic carbocycles. The van der Waals surface area contributed by atoms with Crippen LogP contribution in [-0.4, -0.2) is 12.1 Å². The highest BCUT2D eigenvalue weighted by molar-refractivity contribution is 6.01. The molecule has 1 amide bonds. The zero-order valence-corrected chi connectivity index (χ0v) is 8.60. The van der Waals surface area contributed by atoms with Gasteiger partial charge in [-0.25, -0.2) is 0 Å². The van der Waals surface area contributed by atoms with E-state index in [1.807, 2.05) is 30.5 Å². The minimum absolute atomic E-state index is 0.363. The molecule has 0 unspecified atom stereocenters. The van der Waals surface area contributed by atoms with Crippen LogP contribution in [0.15, 0.2) is 40.9 Å². The Morgan fingerprint density at radius 3 is 3.00 bits per heavy atom. The molecule has 1 aliphatic heterocycles. The van der Waals surface area contributed by atoms with Crippen molar-refractivity contribution in [3.8, 4) is 0 Å². The van der Waals surface area contributed by atoms with E-state index >= 15 is 0 Å². The van der Waals surface area contributed by atoms with Crippen LogP contribution in [0.5, 0.6) is 0 Å². The van der Waals surface area contributed by atoms with Crippen molar-refractivity contribution < 1.29 is 4.79 Å². The first-order valence-corrected chi connectivity index (χ1v) is 5.13. The highest BCUT2D eigenvalue weighted by Gasteiger charge is 2.20. The smallest absolute Gasteiger partial charge is 0.244 e. The maximum absolute atomic E-state index is 11.2. The number of primary amides is 1. The third-order valence-corrected chi connectivity index (χ3v) is 2.92. The molecule has 3 nitrogen and oxygen atoms in total. The maximum Gasteiger partial charge on any atom is 0.244 e. The molecule has 16 heavy (non-hydrogen) atoms. The largest absolute Gasteiger partial charge is 0.366 e. The van der Waals surface area contributed by atoms with E-state index in [0.29, 0.717) is 12.0 Å². The Kier molecular flexibility index (Phi) is 1.80. The SMILES string of the molecule is NC(=O)C1=CC=C2N=Cc3cccc(c32)C1. The Morgan fingerprint density at radius 2 is 2.19 bits per heavy atom. The van der Waals surface area contributed by atoms with E-state index < -0.39 is 0 Å². The zero-order valence-electron chi connectivity index (χ0n) is 8.60. The van der Waals surface area contributed by atoms with Crippen molar-refractivity contribution in [2.24, 2.45) is 10.7 Å². The molecule has 1 heterocycles. The van der Waals surface area contributed by atoms with Crippen LogP contribution < -0.4 is 5.73 Å². The van der Waals surface area contributed by atoms with Gasteiger partial charge in [-0.1, -0.05) is 24.3 Å². The number of rotatable bonds is 1. The molecule has 0 fully saturated rings. The highest BCUT2D eigenvalue weighted by Crippen LogP contribution is 2.32. The van der Waals surface area contributed by atoms with E-state index in [4.69, 9.17) is 5.73 Å². The number of nitrogens with two attached hydrogens (primary N) is 1. The Labute approximate surface area is 93.0 Å². The lowest BCUT2D eigenvalue weighted by Crippen LogP contribution is -2.15. The maximum atomic E-state index is 11.2. The molecule has 0 spiro atoms. The first-order chi connectivity index (χ1) is 7.75. The van der Waals surface area contributed by atoms with Crippen LogP contribution >= 0.6 is 0 Å². The Bertz CT molecular complexity index is 580. The summed E-state index contributed by atoms with van der Waals surface area (Å²) in [5, 5.41) is 0. The van der Waals surface area contributed by atoms with E-state index in [-0.39, 0.29) is 5.91 Å². The lowest BCUT2D eigenvalue weighted by atomic mass is 9.97. The van der Waals surface area contributed by atoms with Gasteiger partial charge in [0.15, 0.2) is 0 Å². The quantitative estimate of drug-likeness (QED) is 0.749. The predicted molar refractivity (Wildman–Crippen MR) is 63.0 cm³/mol. The molecule has 0 atom stereocenters. The fourth-order valence-electron chi connectivity index (χ4n) is 2.13. The van der Waals surface area contributed by atoms with E-state index in [9.17, 15) is 4.79 Å². The van der Waals surface area contributed by atoms with Crippen molar-refractivity contribution in [2.75, 3.05) is 0 Å². The summed E-state index contributed by atoms with van der Waals surface area (Å²) >= 11 is 0. The lowest BCUT2D eigenvalue weighted by molar-refractivity contribution is -0.114. The Balaban J connectivity index is 2.22. The van der Waals surface area contributed by atoms with Crippen molar-refractivity contribution in [3.63, 3.8) is 0 Å². The number of hydrogen-bond donors (Lipinski definition) is 1. The first kappa shape index (κ1) is 9.09. The van der Waals surface area contributed by atoms with E-state index in [0.717, 1.165) is 22.4 Å². The van der Waals surface area contributed by atoms with Gasteiger partial charge >= 0.3 is 0 Å².